The normalized spacial score (nSPS) is 9.82. The number of imidazole rings is 1. The third-order valence-corrected chi connectivity index (χ3v) is 2.43. The van der Waals surface area contributed by atoms with Crippen LogP contribution in [0.15, 0.2) is 36.9 Å². The van der Waals surface area contributed by atoms with Gasteiger partial charge >= 0.3 is 0 Å². The monoisotopic (exact) mass is 227 g/mol. The number of nitrogens with two attached hydrogens (primary N) is 1. The lowest BCUT2D eigenvalue weighted by Gasteiger charge is -2.09. The molecule has 1 heterocycles. The minimum Gasteiger partial charge on any atom is -0.397 e. The SMILES string of the molecule is N#Cc1ccc(NCCn2ccnc2)c(N)c1. The Labute approximate surface area is 99.5 Å². The Bertz CT molecular complexity index is 524. The van der Waals surface area contributed by atoms with Crippen LogP contribution in [0.1, 0.15) is 5.56 Å². The van der Waals surface area contributed by atoms with Crippen molar-refractivity contribution in [3.8, 4) is 6.07 Å². The number of anilines is 2. The molecule has 5 nitrogen and oxygen atoms in total. The van der Waals surface area contributed by atoms with Gasteiger partial charge in [-0.1, -0.05) is 0 Å². The number of benzene rings is 1. The smallest absolute Gasteiger partial charge is 0.0992 e. The topological polar surface area (TPSA) is 79.7 Å². The van der Waals surface area contributed by atoms with Crippen LogP contribution in [-0.2, 0) is 6.54 Å². The number of rotatable bonds is 4. The molecule has 5 heteroatoms. The number of aromatic nitrogens is 2. The predicted octanol–water partition coefficient (Wildman–Crippen LogP) is 1.45. The summed E-state index contributed by atoms with van der Waals surface area (Å²) in [6.07, 6.45) is 5.42. The Morgan fingerprint density at radius 2 is 2.35 bits per heavy atom. The second-order valence-corrected chi connectivity index (χ2v) is 3.64. The summed E-state index contributed by atoms with van der Waals surface area (Å²) in [5, 5.41) is 11.9. The fourth-order valence-electron chi connectivity index (χ4n) is 1.53. The van der Waals surface area contributed by atoms with Gasteiger partial charge < -0.3 is 15.6 Å². The Balaban J connectivity index is 1.93. The van der Waals surface area contributed by atoms with E-state index in [9.17, 15) is 0 Å². The molecule has 0 aliphatic rings. The van der Waals surface area contributed by atoms with E-state index in [0.29, 0.717) is 11.3 Å². The van der Waals surface area contributed by atoms with Crippen molar-refractivity contribution >= 4 is 11.4 Å². The standard InChI is InChI=1S/C12H13N5/c13-8-10-1-2-12(11(14)7-10)16-4-6-17-5-3-15-9-17/h1-3,5,7,9,16H,4,6,14H2. The second-order valence-electron chi connectivity index (χ2n) is 3.64. The van der Waals surface area contributed by atoms with Gasteiger partial charge in [0.25, 0.3) is 0 Å². The third kappa shape index (κ3) is 2.75. The van der Waals surface area contributed by atoms with Crippen molar-refractivity contribution in [2.45, 2.75) is 6.54 Å². The van der Waals surface area contributed by atoms with Gasteiger partial charge in [-0.2, -0.15) is 5.26 Å². The molecule has 2 aromatic rings. The Morgan fingerprint density at radius 3 is 3.00 bits per heavy atom. The van der Waals surface area contributed by atoms with Gasteiger partial charge in [-0.25, -0.2) is 4.98 Å². The lowest BCUT2D eigenvalue weighted by atomic mass is 10.2. The molecule has 17 heavy (non-hydrogen) atoms. The highest BCUT2D eigenvalue weighted by Crippen LogP contribution is 2.19. The maximum Gasteiger partial charge on any atom is 0.0992 e. The van der Waals surface area contributed by atoms with Gasteiger partial charge in [0, 0.05) is 25.5 Å². The van der Waals surface area contributed by atoms with Crippen molar-refractivity contribution < 1.29 is 0 Å². The first-order valence-corrected chi connectivity index (χ1v) is 5.29. The van der Waals surface area contributed by atoms with Crippen LogP contribution in [0.2, 0.25) is 0 Å². The number of nitrogens with zero attached hydrogens (tertiary/aromatic N) is 3. The average molecular weight is 227 g/mol. The zero-order valence-electron chi connectivity index (χ0n) is 9.30. The molecule has 0 bridgehead atoms. The lowest BCUT2D eigenvalue weighted by Crippen LogP contribution is -2.10. The molecule has 0 radical (unpaired) electrons. The molecule has 1 aromatic heterocycles. The first-order valence-electron chi connectivity index (χ1n) is 5.29. The van der Waals surface area contributed by atoms with Crippen LogP contribution in [0.5, 0.6) is 0 Å². The summed E-state index contributed by atoms with van der Waals surface area (Å²) in [5.41, 5.74) is 7.84. The van der Waals surface area contributed by atoms with Crippen molar-refractivity contribution in [3.63, 3.8) is 0 Å². The quantitative estimate of drug-likeness (QED) is 0.775. The second kappa shape index (κ2) is 5.03. The zero-order valence-corrected chi connectivity index (χ0v) is 9.30. The Morgan fingerprint density at radius 1 is 1.47 bits per heavy atom. The average Bonchev–Trinajstić information content (AvgIpc) is 2.84. The zero-order chi connectivity index (χ0) is 12.1. The number of nitriles is 1. The molecule has 3 N–H and O–H groups in total. The third-order valence-electron chi connectivity index (χ3n) is 2.43. The van der Waals surface area contributed by atoms with Gasteiger partial charge in [-0.05, 0) is 18.2 Å². The van der Waals surface area contributed by atoms with Gasteiger partial charge in [0.15, 0.2) is 0 Å². The van der Waals surface area contributed by atoms with Crippen LogP contribution < -0.4 is 11.1 Å². The largest absolute Gasteiger partial charge is 0.397 e. The van der Waals surface area contributed by atoms with Gasteiger partial charge in [0.05, 0.1) is 29.3 Å². The minimum absolute atomic E-state index is 0.572. The first-order chi connectivity index (χ1) is 8.29. The van der Waals surface area contributed by atoms with Crippen LogP contribution in [-0.4, -0.2) is 16.1 Å². The molecule has 0 spiro atoms. The van der Waals surface area contributed by atoms with Gasteiger partial charge in [0.1, 0.15) is 0 Å². The van der Waals surface area contributed by atoms with E-state index >= 15 is 0 Å². The fraction of sp³-hybridized carbons (Fsp3) is 0.167. The van der Waals surface area contributed by atoms with E-state index < -0.39 is 0 Å². The predicted molar refractivity (Wildman–Crippen MR) is 66.3 cm³/mol. The summed E-state index contributed by atoms with van der Waals surface area (Å²) in [4.78, 5) is 3.96. The van der Waals surface area contributed by atoms with E-state index in [2.05, 4.69) is 16.4 Å². The Kier molecular flexibility index (Phi) is 3.26. The van der Waals surface area contributed by atoms with Crippen LogP contribution in [0.3, 0.4) is 0 Å². The molecule has 86 valence electrons. The minimum atomic E-state index is 0.572. The van der Waals surface area contributed by atoms with Crippen molar-refractivity contribution in [1.29, 1.82) is 5.26 Å². The number of nitrogens with one attached hydrogen (secondary N) is 1. The summed E-state index contributed by atoms with van der Waals surface area (Å²) < 4.78 is 1.98. The molecule has 0 amide bonds. The molecule has 0 saturated heterocycles. The van der Waals surface area contributed by atoms with Crippen molar-refractivity contribution in [2.75, 3.05) is 17.6 Å². The molecule has 0 atom stereocenters. The van der Waals surface area contributed by atoms with Crippen LogP contribution in [0.25, 0.3) is 0 Å². The number of hydrogen-bond acceptors (Lipinski definition) is 4. The van der Waals surface area contributed by atoms with E-state index in [1.807, 2.05) is 16.8 Å². The lowest BCUT2D eigenvalue weighted by molar-refractivity contribution is 0.727. The van der Waals surface area contributed by atoms with Crippen molar-refractivity contribution in [3.05, 3.63) is 42.5 Å². The Hall–Kier alpha value is -2.48. The van der Waals surface area contributed by atoms with E-state index in [-0.39, 0.29) is 0 Å². The molecule has 1 aromatic carbocycles. The number of hydrogen-bond donors (Lipinski definition) is 2. The van der Waals surface area contributed by atoms with Crippen molar-refractivity contribution in [2.24, 2.45) is 0 Å². The van der Waals surface area contributed by atoms with Crippen LogP contribution in [0.4, 0.5) is 11.4 Å². The molecule has 0 saturated carbocycles. The summed E-state index contributed by atoms with van der Waals surface area (Å²) in [5.74, 6) is 0. The summed E-state index contributed by atoms with van der Waals surface area (Å²) in [7, 11) is 0. The van der Waals surface area contributed by atoms with Crippen LogP contribution >= 0.6 is 0 Å². The first kappa shape index (κ1) is 11.0. The maximum atomic E-state index is 8.72. The summed E-state index contributed by atoms with van der Waals surface area (Å²) >= 11 is 0. The summed E-state index contributed by atoms with van der Waals surface area (Å²) in [6.45, 7) is 1.58. The highest BCUT2D eigenvalue weighted by molar-refractivity contribution is 5.68. The van der Waals surface area contributed by atoms with E-state index in [4.69, 9.17) is 11.0 Å². The highest BCUT2D eigenvalue weighted by atomic mass is 15.0. The molecule has 0 fully saturated rings. The van der Waals surface area contributed by atoms with Crippen LogP contribution in [0, 0.1) is 11.3 Å². The molecule has 0 aliphatic carbocycles. The van der Waals surface area contributed by atoms with E-state index in [1.165, 1.54) is 0 Å². The highest BCUT2D eigenvalue weighted by Gasteiger charge is 1.99. The molecule has 2 rings (SSSR count). The molecular formula is C12H13N5. The van der Waals surface area contributed by atoms with E-state index in [0.717, 1.165) is 18.8 Å². The molecule has 0 unspecified atom stereocenters. The van der Waals surface area contributed by atoms with Gasteiger partial charge in [-0.15, -0.1) is 0 Å². The fourth-order valence-corrected chi connectivity index (χ4v) is 1.53. The van der Waals surface area contributed by atoms with Crippen molar-refractivity contribution in [1.82, 2.24) is 9.55 Å². The van der Waals surface area contributed by atoms with Gasteiger partial charge in [0.2, 0.25) is 0 Å². The van der Waals surface area contributed by atoms with E-state index in [1.54, 1.807) is 24.7 Å². The molecular weight excluding hydrogens is 214 g/mol. The molecule has 0 aliphatic heterocycles. The maximum absolute atomic E-state index is 8.72. The van der Waals surface area contributed by atoms with Gasteiger partial charge in [-0.3, -0.25) is 0 Å². The number of nitrogen functional groups attached to an aromatic ring is 1. The summed E-state index contributed by atoms with van der Waals surface area (Å²) in [6, 6.07) is 7.29.